The van der Waals surface area contributed by atoms with Crippen LogP contribution in [0.2, 0.25) is 0 Å². The Bertz CT molecular complexity index is 529. The Morgan fingerprint density at radius 3 is 2.57 bits per heavy atom. The van der Waals surface area contributed by atoms with Crippen LogP contribution in [-0.4, -0.2) is 29.3 Å². The first-order valence-corrected chi connectivity index (χ1v) is 7.48. The van der Waals surface area contributed by atoms with Crippen molar-refractivity contribution in [3.63, 3.8) is 0 Å². The minimum absolute atomic E-state index is 0.102. The highest BCUT2D eigenvalue weighted by Crippen LogP contribution is 2.26. The van der Waals surface area contributed by atoms with Crippen LogP contribution in [0.25, 0.3) is 0 Å². The number of halogens is 2. The number of alkyl halides is 2. The lowest BCUT2D eigenvalue weighted by molar-refractivity contribution is -0.162. The lowest BCUT2D eigenvalue weighted by Gasteiger charge is -2.27. The van der Waals surface area contributed by atoms with E-state index in [-0.39, 0.29) is 6.61 Å². The number of carbonyl (C=O) groups is 2. The second-order valence-electron chi connectivity index (χ2n) is 5.03. The molecule has 1 aliphatic rings. The Hall–Kier alpha value is -1.10. The summed E-state index contributed by atoms with van der Waals surface area (Å²) in [6.45, 7) is 3.62. The highest BCUT2D eigenvalue weighted by atomic mass is 35.5. The molecule has 1 fully saturated rings. The standard InChI is InChI=1S/C15H16Cl2O4/c1-8-3-5-10(6-4-8)9(2)21-15(19)11-7-20-14(17)12(16)13(11)18/h3-6,9,11-12,14H,7H2,1-2H3. The predicted molar refractivity (Wildman–Crippen MR) is 79.4 cm³/mol. The smallest absolute Gasteiger partial charge is 0.319 e. The molecule has 0 bridgehead atoms. The van der Waals surface area contributed by atoms with E-state index >= 15 is 0 Å². The number of Topliss-reactive ketones (excluding diaryl/α,β-unsaturated/α-hetero) is 1. The number of aryl methyl sites for hydroxylation is 1. The Morgan fingerprint density at radius 1 is 1.33 bits per heavy atom. The van der Waals surface area contributed by atoms with Gasteiger partial charge in [-0.3, -0.25) is 9.59 Å². The molecule has 0 radical (unpaired) electrons. The van der Waals surface area contributed by atoms with Gasteiger partial charge in [-0.1, -0.05) is 41.4 Å². The van der Waals surface area contributed by atoms with E-state index in [1.54, 1.807) is 6.92 Å². The van der Waals surface area contributed by atoms with Crippen LogP contribution in [0.1, 0.15) is 24.2 Å². The summed E-state index contributed by atoms with van der Waals surface area (Å²) in [6.07, 6.45) is -0.451. The molecule has 1 aromatic carbocycles. The molecular weight excluding hydrogens is 315 g/mol. The van der Waals surface area contributed by atoms with Gasteiger partial charge in [-0.25, -0.2) is 0 Å². The molecule has 4 atom stereocenters. The second-order valence-corrected chi connectivity index (χ2v) is 5.93. The molecule has 0 spiro atoms. The average Bonchev–Trinajstić information content (AvgIpc) is 2.45. The molecule has 0 saturated carbocycles. The zero-order valence-corrected chi connectivity index (χ0v) is 13.2. The van der Waals surface area contributed by atoms with Crippen molar-refractivity contribution in [2.24, 2.45) is 5.92 Å². The summed E-state index contributed by atoms with van der Waals surface area (Å²) >= 11 is 11.5. The van der Waals surface area contributed by atoms with Crippen molar-refractivity contribution in [1.29, 1.82) is 0 Å². The summed E-state index contributed by atoms with van der Waals surface area (Å²) in [5.74, 6) is -2.11. The summed E-state index contributed by atoms with van der Waals surface area (Å²) in [4.78, 5) is 24.0. The van der Waals surface area contributed by atoms with Crippen LogP contribution in [0.4, 0.5) is 0 Å². The molecule has 0 aromatic heterocycles. The van der Waals surface area contributed by atoms with E-state index in [9.17, 15) is 9.59 Å². The number of rotatable bonds is 3. The number of ether oxygens (including phenoxy) is 2. The third-order valence-electron chi connectivity index (χ3n) is 3.39. The van der Waals surface area contributed by atoms with E-state index in [1.165, 1.54) is 0 Å². The maximum Gasteiger partial charge on any atom is 0.319 e. The van der Waals surface area contributed by atoms with Crippen molar-refractivity contribution < 1.29 is 19.1 Å². The van der Waals surface area contributed by atoms with Crippen molar-refractivity contribution in [3.8, 4) is 0 Å². The summed E-state index contributed by atoms with van der Waals surface area (Å²) in [5, 5.41) is -1.03. The summed E-state index contributed by atoms with van der Waals surface area (Å²) < 4.78 is 10.4. The predicted octanol–water partition coefficient (Wildman–Crippen LogP) is 2.99. The molecule has 0 amide bonds. The van der Waals surface area contributed by atoms with Crippen LogP contribution in [0.15, 0.2) is 24.3 Å². The van der Waals surface area contributed by atoms with E-state index in [4.69, 9.17) is 32.7 Å². The molecule has 0 aliphatic carbocycles. The van der Waals surface area contributed by atoms with Gasteiger partial charge < -0.3 is 9.47 Å². The zero-order valence-electron chi connectivity index (χ0n) is 11.7. The van der Waals surface area contributed by atoms with Gasteiger partial charge in [-0.2, -0.15) is 0 Å². The quantitative estimate of drug-likeness (QED) is 0.485. The fourth-order valence-corrected chi connectivity index (χ4v) is 2.44. The molecule has 4 nitrogen and oxygen atoms in total. The monoisotopic (exact) mass is 330 g/mol. The van der Waals surface area contributed by atoms with Crippen molar-refractivity contribution in [2.75, 3.05) is 6.61 Å². The Labute approximate surface area is 133 Å². The molecule has 4 unspecified atom stereocenters. The summed E-state index contributed by atoms with van der Waals surface area (Å²) in [6, 6.07) is 7.63. The molecule has 6 heteroatoms. The Balaban J connectivity index is 2.01. The van der Waals surface area contributed by atoms with Gasteiger partial charge in [-0.15, -0.1) is 11.6 Å². The number of carbonyl (C=O) groups excluding carboxylic acids is 2. The molecule has 1 saturated heterocycles. The van der Waals surface area contributed by atoms with Gasteiger partial charge in [0.05, 0.1) is 6.61 Å². The van der Waals surface area contributed by atoms with Crippen LogP contribution in [0.5, 0.6) is 0 Å². The van der Waals surface area contributed by atoms with Gasteiger partial charge in [0.2, 0.25) is 0 Å². The molecule has 1 heterocycles. The first kappa shape index (κ1) is 16.3. The van der Waals surface area contributed by atoms with Crippen LogP contribution >= 0.6 is 23.2 Å². The van der Waals surface area contributed by atoms with Crippen LogP contribution in [0, 0.1) is 12.8 Å². The van der Waals surface area contributed by atoms with E-state index in [0.717, 1.165) is 11.1 Å². The maximum absolute atomic E-state index is 12.1. The number of hydrogen-bond donors (Lipinski definition) is 0. The number of hydrogen-bond acceptors (Lipinski definition) is 4. The summed E-state index contributed by atoms with van der Waals surface area (Å²) in [5.41, 5.74) is 1.07. The fraction of sp³-hybridized carbons (Fsp3) is 0.467. The van der Waals surface area contributed by atoms with Crippen molar-refractivity contribution in [3.05, 3.63) is 35.4 Å². The van der Waals surface area contributed by atoms with E-state index in [0.29, 0.717) is 0 Å². The number of esters is 1. The molecule has 1 aliphatic heterocycles. The van der Waals surface area contributed by atoms with Gasteiger partial charge in [0.1, 0.15) is 17.4 Å². The third-order valence-corrected chi connectivity index (χ3v) is 4.34. The van der Waals surface area contributed by atoms with Crippen LogP contribution in [0.3, 0.4) is 0 Å². The average molecular weight is 331 g/mol. The fourth-order valence-electron chi connectivity index (χ4n) is 2.02. The van der Waals surface area contributed by atoms with Crippen molar-refractivity contribution in [2.45, 2.75) is 30.9 Å². The molecule has 1 aromatic rings. The minimum atomic E-state index is -1.03. The van der Waals surface area contributed by atoms with Crippen molar-refractivity contribution in [1.82, 2.24) is 0 Å². The Morgan fingerprint density at radius 2 is 1.95 bits per heavy atom. The third kappa shape index (κ3) is 3.76. The van der Waals surface area contributed by atoms with Crippen LogP contribution in [-0.2, 0) is 19.1 Å². The molecule has 0 N–H and O–H groups in total. The summed E-state index contributed by atoms with van der Waals surface area (Å²) in [7, 11) is 0. The van der Waals surface area contributed by atoms with Crippen LogP contribution < -0.4 is 0 Å². The Kier molecular flexibility index (Phi) is 5.25. The first-order valence-electron chi connectivity index (χ1n) is 6.60. The lowest BCUT2D eigenvalue weighted by Crippen LogP contribution is -2.45. The van der Waals surface area contributed by atoms with E-state index in [1.807, 2.05) is 31.2 Å². The lowest BCUT2D eigenvalue weighted by atomic mass is 10.00. The van der Waals surface area contributed by atoms with Gasteiger partial charge in [0.15, 0.2) is 11.3 Å². The van der Waals surface area contributed by atoms with E-state index in [2.05, 4.69) is 0 Å². The first-order chi connectivity index (χ1) is 9.90. The molecule has 21 heavy (non-hydrogen) atoms. The molecular formula is C15H16Cl2O4. The SMILES string of the molecule is Cc1ccc(C(C)OC(=O)C2COC(Cl)C(Cl)C2=O)cc1. The van der Waals surface area contributed by atoms with Gasteiger partial charge in [0, 0.05) is 0 Å². The van der Waals surface area contributed by atoms with Crippen molar-refractivity contribution >= 4 is 35.0 Å². The second kappa shape index (κ2) is 6.77. The van der Waals surface area contributed by atoms with Gasteiger partial charge in [-0.05, 0) is 19.4 Å². The maximum atomic E-state index is 12.1. The zero-order chi connectivity index (χ0) is 15.6. The minimum Gasteiger partial charge on any atom is -0.457 e. The largest absolute Gasteiger partial charge is 0.457 e. The van der Waals surface area contributed by atoms with Gasteiger partial charge in [0.25, 0.3) is 0 Å². The highest BCUT2D eigenvalue weighted by molar-refractivity contribution is 6.38. The topological polar surface area (TPSA) is 52.6 Å². The van der Waals surface area contributed by atoms with E-state index < -0.39 is 34.7 Å². The number of benzene rings is 1. The van der Waals surface area contributed by atoms with Gasteiger partial charge >= 0.3 is 5.97 Å². The molecule has 114 valence electrons. The normalized spacial score (nSPS) is 27.2. The highest BCUT2D eigenvalue weighted by Gasteiger charge is 2.42. The molecule has 2 rings (SSSR count). The number of ketones is 1.